The number of hydrogen-bond acceptors (Lipinski definition) is 5. The maximum atomic E-state index is 13.7. The molecule has 0 unspecified atom stereocenters. The quantitative estimate of drug-likeness (QED) is 0.621. The number of rotatable bonds is 6. The van der Waals surface area contributed by atoms with Crippen molar-refractivity contribution in [2.24, 2.45) is 0 Å². The summed E-state index contributed by atoms with van der Waals surface area (Å²) in [5.41, 5.74) is 2.02. The van der Waals surface area contributed by atoms with Crippen molar-refractivity contribution >= 4 is 28.9 Å². The fraction of sp³-hybridized carbons (Fsp3) is 0.0952. The Morgan fingerprint density at radius 3 is 2.50 bits per heavy atom. The summed E-state index contributed by atoms with van der Waals surface area (Å²) in [6.07, 6.45) is 1.48. The van der Waals surface area contributed by atoms with E-state index < -0.39 is 11.7 Å². The van der Waals surface area contributed by atoms with Crippen molar-refractivity contribution in [1.82, 2.24) is 4.98 Å². The van der Waals surface area contributed by atoms with Crippen LogP contribution in [-0.2, 0) is 4.74 Å². The standard InChI is InChI=1S/C21H18FN3O3/c1-2-28-21(27)14-7-9-15(10-8-14)24-16-11-12-23-19(13-16)20(26)25-18-6-4-3-5-17(18)22/h3-13H,2H2,1H3,(H,23,24)(H,25,26). The summed E-state index contributed by atoms with van der Waals surface area (Å²) in [5, 5.41) is 5.62. The van der Waals surface area contributed by atoms with Crippen LogP contribution in [0.3, 0.4) is 0 Å². The Balaban J connectivity index is 1.70. The number of esters is 1. The Bertz CT molecular complexity index is 990. The second kappa shape index (κ2) is 8.77. The smallest absolute Gasteiger partial charge is 0.338 e. The second-order valence-corrected chi connectivity index (χ2v) is 5.79. The van der Waals surface area contributed by atoms with Gasteiger partial charge in [0.2, 0.25) is 0 Å². The molecule has 6 nitrogen and oxygen atoms in total. The largest absolute Gasteiger partial charge is 0.462 e. The number of para-hydroxylation sites is 1. The van der Waals surface area contributed by atoms with E-state index in [1.54, 1.807) is 55.5 Å². The van der Waals surface area contributed by atoms with Crippen LogP contribution in [0.1, 0.15) is 27.8 Å². The molecule has 0 aliphatic carbocycles. The molecule has 2 N–H and O–H groups in total. The summed E-state index contributed by atoms with van der Waals surface area (Å²) < 4.78 is 18.6. The van der Waals surface area contributed by atoms with Gasteiger partial charge in [0.25, 0.3) is 5.91 Å². The Morgan fingerprint density at radius 1 is 1.04 bits per heavy atom. The van der Waals surface area contributed by atoms with E-state index in [4.69, 9.17) is 4.74 Å². The highest BCUT2D eigenvalue weighted by atomic mass is 19.1. The first kappa shape index (κ1) is 19.0. The number of nitrogens with one attached hydrogen (secondary N) is 2. The molecule has 0 aliphatic rings. The molecule has 3 rings (SSSR count). The topological polar surface area (TPSA) is 80.3 Å². The van der Waals surface area contributed by atoms with E-state index in [0.717, 1.165) is 5.69 Å². The van der Waals surface area contributed by atoms with Crippen molar-refractivity contribution in [2.45, 2.75) is 6.92 Å². The molecule has 142 valence electrons. The number of hydrogen-bond donors (Lipinski definition) is 2. The van der Waals surface area contributed by atoms with Gasteiger partial charge < -0.3 is 15.4 Å². The molecule has 1 aromatic heterocycles. The van der Waals surface area contributed by atoms with Gasteiger partial charge in [-0.15, -0.1) is 0 Å². The van der Waals surface area contributed by atoms with Crippen LogP contribution in [0.4, 0.5) is 21.5 Å². The molecule has 0 radical (unpaired) electrons. The van der Waals surface area contributed by atoms with E-state index >= 15 is 0 Å². The van der Waals surface area contributed by atoms with E-state index in [9.17, 15) is 14.0 Å². The molecule has 0 fully saturated rings. The van der Waals surface area contributed by atoms with Crippen molar-refractivity contribution in [2.75, 3.05) is 17.2 Å². The molecule has 0 saturated heterocycles. The predicted octanol–water partition coefficient (Wildman–Crippen LogP) is 4.39. The first-order chi connectivity index (χ1) is 13.6. The number of carbonyl (C=O) groups is 2. The molecule has 3 aromatic rings. The predicted molar refractivity (Wildman–Crippen MR) is 104 cm³/mol. The van der Waals surface area contributed by atoms with Gasteiger partial charge in [-0.25, -0.2) is 9.18 Å². The number of aromatic nitrogens is 1. The molecule has 0 bridgehead atoms. The fourth-order valence-corrected chi connectivity index (χ4v) is 2.45. The Kier molecular flexibility index (Phi) is 5.96. The Hall–Kier alpha value is -3.74. The molecule has 0 aliphatic heterocycles. The number of nitrogens with zero attached hydrogens (tertiary/aromatic N) is 1. The van der Waals surface area contributed by atoms with Gasteiger partial charge in [0, 0.05) is 17.6 Å². The van der Waals surface area contributed by atoms with Crippen LogP contribution in [0.15, 0.2) is 66.9 Å². The maximum Gasteiger partial charge on any atom is 0.338 e. The SMILES string of the molecule is CCOC(=O)c1ccc(Nc2ccnc(C(=O)Nc3ccccc3F)c2)cc1. The first-order valence-electron chi connectivity index (χ1n) is 8.63. The van der Waals surface area contributed by atoms with E-state index in [-0.39, 0.29) is 17.4 Å². The van der Waals surface area contributed by atoms with Crippen LogP contribution in [0.5, 0.6) is 0 Å². The monoisotopic (exact) mass is 379 g/mol. The molecule has 2 aromatic carbocycles. The van der Waals surface area contributed by atoms with Crippen molar-refractivity contribution in [1.29, 1.82) is 0 Å². The highest BCUT2D eigenvalue weighted by molar-refractivity contribution is 6.03. The van der Waals surface area contributed by atoms with Crippen LogP contribution in [0, 0.1) is 5.82 Å². The average molecular weight is 379 g/mol. The van der Waals surface area contributed by atoms with Gasteiger partial charge in [0.1, 0.15) is 11.5 Å². The van der Waals surface area contributed by atoms with Gasteiger partial charge in [-0.05, 0) is 55.5 Å². The summed E-state index contributed by atoms with van der Waals surface area (Å²) in [5.74, 6) is -1.43. The third-order valence-electron chi connectivity index (χ3n) is 3.80. The van der Waals surface area contributed by atoms with Gasteiger partial charge in [0.15, 0.2) is 0 Å². The minimum absolute atomic E-state index is 0.0854. The lowest BCUT2D eigenvalue weighted by molar-refractivity contribution is 0.0526. The summed E-state index contributed by atoms with van der Waals surface area (Å²) >= 11 is 0. The minimum atomic E-state index is -0.522. The van der Waals surface area contributed by atoms with Crippen LogP contribution in [0.25, 0.3) is 0 Å². The molecule has 0 saturated carbocycles. The molecular formula is C21H18FN3O3. The normalized spacial score (nSPS) is 10.2. The van der Waals surface area contributed by atoms with Gasteiger partial charge in [-0.2, -0.15) is 0 Å². The molecule has 1 heterocycles. The number of benzene rings is 2. The fourth-order valence-electron chi connectivity index (χ4n) is 2.45. The van der Waals surface area contributed by atoms with Crippen LogP contribution >= 0.6 is 0 Å². The van der Waals surface area contributed by atoms with Gasteiger partial charge >= 0.3 is 5.97 Å². The summed E-state index contributed by atoms with van der Waals surface area (Å²) in [7, 11) is 0. The molecule has 7 heteroatoms. The molecule has 1 amide bonds. The maximum absolute atomic E-state index is 13.7. The first-order valence-corrected chi connectivity index (χ1v) is 8.63. The summed E-state index contributed by atoms with van der Waals surface area (Å²) in [4.78, 5) is 28.0. The van der Waals surface area contributed by atoms with Gasteiger partial charge in [0.05, 0.1) is 17.9 Å². The van der Waals surface area contributed by atoms with E-state index in [0.29, 0.717) is 17.9 Å². The van der Waals surface area contributed by atoms with Crippen molar-refractivity contribution in [3.8, 4) is 0 Å². The van der Waals surface area contributed by atoms with E-state index in [1.807, 2.05) is 0 Å². The minimum Gasteiger partial charge on any atom is -0.462 e. The highest BCUT2D eigenvalue weighted by Crippen LogP contribution is 2.19. The molecule has 0 spiro atoms. The molecular weight excluding hydrogens is 361 g/mol. The number of pyridine rings is 1. The van der Waals surface area contributed by atoms with E-state index in [2.05, 4.69) is 15.6 Å². The zero-order valence-electron chi connectivity index (χ0n) is 15.1. The van der Waals surface area contributed by atoms with Crippen molar-refractivity contribution in [3.05, 3.63) is 83.9 Å². The number of carbonyl (C=O) groups excluding carboxylic acids is 2. The molecule has 28 heavy (non-hydrogen) atoms. The number of ether oxygens (including phenoxy) is 1. The van der Waals surface area contributed by atoms with Crippen LogP contribution in [0.2, 0.25) is 0 Å². The van der Waals surface area contributed by atoms with Crippen LogP contribution < -0.4 is 10.6 Å². The summed E-state index contributed by atoms with van der Waals surface area (Å²) in [6, 6.07) is 15.9. The second-order valence-electron chi connectivity index (χ2n) is 5.79. The lowest BCUT2D eigenvalue weighted by Crippen LogP contribution is -2.14. The Labute approximate surface area is 161 Å². The third-order valence-corrected chi connectivity index (χ3v) is 3.80. The zero-order chi connectivity index (χ0) is 19.9. The van der Waals surface area contributed by atoms with Crippen molar-refractivity contribution in [3.63, 3.8) is 0 Å². The zero-order valence-corrected chi connectivity index (χ0v) is 15.1. The van der Waals surface area contributed by atoms with E-state index in [1.165, 1.54) is 18.3 Å². The molecule has 0 atom stereocenters. The lowest BCUT2D eigenvalue weighted by atomic mass is 10.2. The third kappa shape index (κ3) is 4.70. The van der Waals surface area contributed by atoms with Crippen LogP contribution in [-0.4, -0.2) is 23.5 Å². The highest BCUT2D eigenvalue weighted by Gasteiger charge is 2.11. The van der Waals surface area contributed by atoms with Gasteiger partial charge in [-0.1, -0.05) is 12.1 Å². The van der Waals surface area contributed by atoms with Gasteiger partial charge in [-0.3, -0.25) is 9.78 Å². The number of anilines is 3. The number of amides is 1. The summed E-state index contributed by atoms with van der Waals surface area (Å²) in [6.45, 7) is 2.06. The number of halogens is 1. The average Bonchev–Trinajstić information content (AvgIpc) is 2.70. The lowest BCUT2D eigenvalue weighted by Gasteiger charge is -2.09. The van der Waals surface area contributed by atoms with Crippen molar-refractivity contribution < 1.29 is 18.7 Å². The Morgan fingerprint density at radius 2 is 1.79 bits per heavy atom.